The maximum atomic E-state index is 5.70. The predicted molar refractivity (Wildman–Crippen MR) is 83.1 cm³/mol. The van der Waals surface area contributed by atoms with Crippen molar-refractivity contribution in [2.75, 3.05) is 63.3 Å². The number of anilines is 3. The topological polar surface area (TPSA) is 88.3 Å². The molecule has 0 saturated heterocycles. The van der Waals surface area contributed by atoms with Crippen molar-refractivity contribution in [3.8, 4) is 0 Å². The second-order valence-corrected chi connectivity index (χ2v) is 4.65. The fourth-order valence-electron chi connectivity index (χ4n) is 1.63. The molecule has 0 atom stereocenters. The van der Waals surface area contributed by atoms with Crippen LogP contribution < -0.4 is 16.4 Å². The van der Waals surface area contributed by atoms with Gasteiger partial charge in [-0.3, -0.25) is 0 Å². The maximum absolute atomic E-state index is 5.70. The summed E-state index contributed by atoms with van der Waals surface area (Å²) in [6.07, 6.45) is 1.04. The number of likely N-dealkylation sites (N-methyl/N-ethyl adjacent to an activating group) is 1. The lowest BCUT2D eigenvalue weighted by Crippen LogP contribution is -2.28. The first-order valence-electron chi connectivity index (χ1n) is 6.95. The predicted octanol–water partition coefficient (Wildman–Crippen LogP) is 0.871. The highest BCUT2D eigenvalue weighted by Gasteiger charge is 2.02. The summed E-state index contributed by atoms with van der Waals surface area (Å²) in [6, 6.07) is 1.88. The molecule has 1 aromatic rings. The van der Waals surface area contributed by atoms with Crippen molar-refractivity contribution in [3.05, 3.63) is 6.07 Å². The maximum Gasteiger partial charge on any atom is 0.223 e. The number of nitrogen functional groups attached to an aromatic ring is 1. The zero-order chi connectivity index (χ0) is 14.8. The van der Waals surface area contributed by atoms with Crippen molar-refractivity contribution < 1.29 is 4.74 Å². The van der Waals surface area contributed by atoms with Gasteiger partial charge in [0.15, 0.2) is 0 Å². The van der Waals surface area contributed by atoms with Gasteiger partial charge in [-0.05, 0) is 13.5 Å². The summed E-state index contributed by atoms with van der Waals surface area (Å²) in [4.78, 5) is 10.5. The molecule has 0 amide bonds. The lowest BCUT2D eigenvalue weighted by atomic mass is 10.4. The largest absolute Gasteiger partial charge is 0.383 e. The molecule has 20 heavy (non-hydrogen) atoms. The van der Waals surface area contributed by atoms with E-state index < -0.39 is 0 Å². The molecule has 1 aromatic heterocycles. The Hall–Kier alpha value is -1.60. The molecule has 0 aliphatic rings. The smallest absolute Gasteiger partial charge is 0.223 e. The second-order valence-electron chi connectivity index (χ2n) is 4.65. The number of methoxy groups -OCH3 is 1. The third-order valence-corrected chi connectivity index (χ3v) is 2.78. The Morgan fingerprint density at radius 3 is 2.45 bits per heavy atom. The first kappa shape index (κ1) is 16.5. The quantitative estimate of drug-likeness (QED) is 0.587. The molecule has 0 bridgehead atoms. The molecule has 1 heterocycles. The van der Waals surface area contributed by atoms with E-state index >= 15 is 0 Å². The Morgan fingerprint density at radius 2 is 1.85 bits per heavy atom. The Labute approximate surface area is 120 Å². The van der Waals surface area contributed by atoms with E-state index in [9.17, 15) is 0 Å². The molecule has 0 aliphatic carbocycles. The Balaban J connectivity index is 2.40. The average molecular weight is 282 g/mol. The van der Waals surface area contributed by atoms with E-state index in [4.69, 9.17) is 10.5 Å². The van der Waals surface area contributed by atoms with E-state index in [0.29, 0.717) is 0 Å². The van der Waals surface area contributed by atoms with Crippen LogP contribution in [0.2, 0.25) is 0 Å². The van der Waals surface area contributed by atoms with Crippen molar-refractivity contribution in [3.63, 3.8) is 0 Å². The summed E-state index contributed by atoms with van der Waals surface area (Å²) < 4.78 is 5.04. The number of ether oxygens (including phenoxy) is 1. The minimum absolute atomic E-state index is 0.279. The lowest BCUT2D eigenvalue weighted by Gasteiger charge is -2.16. The van der Waals surface area contributed by atoms with Crippen LogP contribution in [0.5, 0.6) is 0 Å². The van der Waals surface area contributed by atoms with Crippen molar-refractivity contribution in [1.82, 2.24) is 14.9 Å². The highest BCUT2D eigenvalue weighted by Crippen LogP contribution is 2.12. The zero-order valence-electron chi connectivity index (χ0n) is 12.6. The molecule has 0 fully saturated rings. The number of hydrogen-bond donors (Lipinski definition) is 3. The molecule has 0 radical (unpaired) electrons. The number of nitrogens with two attached hydrogens (primary N) is 1. The van der Waals surface area contributed by atoms with E-state index in [1.165, 1.54) is 0 Å². The second kappa shape index (κ2) is 9.33. The molecule has 0 unspecified atom stereocenters. The van der Waals surface area contributed by atoms with Crippen molar-refractivity contribution in [1.29, 1.82) is 0 Å². The van der Waals surface area contributed by atoms with Crippen molar-refractivity contribution >= 4 is 17.6 Å². The van der Waals surface area contributed by atoms with Gasteiger partial charge in [0.05, 0.1) is 6.61 Å². The number of nitrogens with one attached hydrogen (secondary N) is 2. The Bertz CT molecular complexity index is 387. The van der Waals surface area contributed by atoms with Gasteiger partial charge >= 0.3 is 0 Å². The number of nitrogens with zero attached hydrogens (tertiary/aromatic N) is 3. The van der Waals surface area contributed by atoms with Crippen molar-refractivity contribution in [2.24, 2.45) is 0 Å². The van der Waals surface area contributed by atoms with Gasteiger partial charge in [0.25, 0.3) is 0 Å². The number of aromatic nitrogens is 2. The molecule has 0 aliphatic heterocycles. The van der Waals surface area contributed by atoms with Crippen LogP contribution in [-0.2, 0) is 4.74 Å². The van der Waals surface area contributed by atoms with Gasteiger partial charge in [0.1, 0.15) is 11.6 Å². The van der Waals surface area contributed by atoms with Crippen molar-refractivity contribution in [2.45, 2.75) is 13.3 Å². The minimum atomic E-state index is 0.279. The van der Waals surface area contributed by atoms with Crippen LogP contribution in [0, 0.1) is 0 Å². The minimum Gasteiger partial charge on any atom is -0.383 e. The molecular formula is C13H26N6O. The van der Waals surface area contributed by atoms with Gasteiger partial charge < -0.3 is 26.0 Å². The van der Waals surface area contributed by atoms with E-state index in [2.05, 4.69) is 39.5 Å². The van der Waals surface area contributed by atoms with Gasteiger partial charge in [-0.25, -0.2) is 0 Å². The zero-order valence-corrected chi connectivity index (χ0v) is 12.6. The fourth-order valence-corrected chi connectivity index (χ4v) is 1.63. The lowest BCUT2D eigenvalue weighted by molar-refractivity contribution is 0.163. The van der Waals surface area contributed by atoms with Crippen LogP contribution in [0.15, 0.2) is 6.07 Å². The average Bonchev–Trinajstić information content (AvgIpc) is 2.42. The standard InChI is InChI=1S/C13H26N6O/c1-4-5-15-11-10-12(18-13(14)17-11)16-6-7-19(2)8-9-20-3/h10H,4-9H2,1-3H3,(H4,14,15,16,17,18). The van der Waals surface area contributed by atoms with Crippen LogP contribution in [0.1, 0.15) is 13.3 Å². The summed E-state index contributed by atoms with van der Waals surface area (Å²) in [6.45, 7) is 6.33. The third kappa shape index (κ3) is 6.53. The Morgan fingerprint density at radius 1 is 1.20 bits per heavy atom. The van der Waals surface area contributed by atoms with Gasteiger partial charge in [-0.2, -0.15) is 9.97 Å². The van der Waals surface area contributed by atoms with E-state index in [0.717, 1.165) is 50.8 Å². The van der Waals surface area contributed by atoms with E-state index in [1.807, 2.05) is 6.07 Å². The van der Waals surface area contributed by atoms with Crippen LogP contribution in [0.4, 0.5) is 17.6 Å². The summed E-state index contributed by atoms with van der Waals surface area (Å²) in [5.74, 6) is 1.78. The van der Waals surface area contributed by atoms with E-state index in [1.54, 1.807) is 7.11 Å². The molecule has 7 nitrogen and oxygen atoms in total. The molecule has 0 saturated carbocycles. The van der Waals surface area contributed by atoms with Gasteiger partial charge in [-0.1, -0.05) is 6.92 Å². The molecule has 4 N–H and O–H groups in total. The summed E-state index contributed by atoms with van der Waals surface area (Å²) in [7, 11) is 3.77. The monoisotopic (exact) mass is 282 g/mol. The Kier molecular flexibility index (Phi) is 7.67. The summed E-state index contributed by atoms with van der Waals surface area (Å²) in [5.41, 5.74) is 5.70. The van der Waals surface area contributed by atoms with Crippen LogP contribution in [0.25, 0.3) is 0 Å². The first-order valence-corrected chi connectivity index (χ1v) is 6.95. The molecule has 0 aromatic carbocycles. The first-order chi connectivity index (χ1) is 9.65. The SMILES string of the molecule is CCCNc1cc(NCCN(C)CCOC)nc(N)n1. The normalized spacial score (nSPS) is 10.8. The highest BCUT2D eigenvalue weighted by atomic mass is 16.5. The molecule has 1 rings (SSSR count). The van der Waals surface area contributed by atoms with Gasteiger partial charge in [0, 0.05) is 39.4 Å². The summed E-state index contributed by atoms with van der Waals surface area (Å²) in [5, 5.41) is 6.46. The highest BCUT2D eigenvalue weighted by molar-refractivity contribution is 5.50. The fraction of sp³-hybridized carbons (Fsp3) is 0.692. The van der Waals surface area contributed by atoms with Crippen LogP contribution in [-0.4, -0.2) is 61.8 Å². The summed E-state index contributed by atoms with van der Waals surface area (Å²) >= 11 is 0. The van der Waals surface area contributed by atoms with Gasteiger partial charge in [-0.15, -0.1) is 0 Å². The number of rotatable bonds is 10. The van der Waals surface area contributed by atoms with Gasteiger partial charge in [0.2, 0.25) is 5.95 Å². The van der Waals surface area contributed by atoms with Crippen LogP contribution in [0.3, 0.4) is 0 Å². The van der Waals surface area contributed by atoms with E-state index in [-0.39, 0.29) is 5.95 Å². The molecule has 0 spiro atoms. The third-order valence-electron chi connectivity index (χ3n) is 2.78. The molecular weight excluding hydrogens is 256 g/mol. The molecule has 114 valence electrons. The molecule has 7 heteroatoms. The van der Waals surface area contributed by atoms with Crippen LogP contribution >= 0.6 is 0 Å². The number of hydrogen-bond acceptors (Lipinski definition) is 7.